The summed E-state index contributed by atoms with van der Waals surface area (Å²) < 4.78 is 0. The normalized spacial score (nSPS) is 22.4. The van der Waals surface area contributed by atoms with Crippen molar-refractivity contribution in [2.75, 3.05) is 25.0 Å². The Bertz CT molecular complexity index is 185. The highest BCUT2D eigenvalue weighted by atomic mass is 79.9. The van der Waals surface area contributed by atoms with Crippen LogP contribution in [0.3, 0.4) is 0 Å². The molecule has 1 amide bonds. The molecular weight excluding hydrogens is 246 g/mol. The second kappa shape index (κ2) is 6.40. The van der Waals surface area contributed by atoms with Crippen LogP contribution in [0.25, 0.3) is 0 Å². The maximum Gasteiger partial charge on any atom is 0.223 e. The molecule has 1 N–H and O–H groups in total. The SMILES string of the molecule is O=C(CCBr)N1CCCC(CCO)C1. The summed E-state index contributed by atoms with van der Waals surface area (Å²) in [5.74, 6) is 0.748. The van der Waals surface area contributed by atoms with Crippen LogP contribution >= 0.6 is 15.9 Å². The number of rotatable bonds is 4. The molecule has 14 heavy (non-hydrogen) atoms. The van der Waals surface area contributed by atoms with Crippen LogP contribution in [-0.2, 0) is 4.79 Å². The minimum atomic E-state index is 0.240. The van der Waals surface area contributed by atoms with Crippen LogP contribution in [-0.4, -0.2) is 40.9 Å². The summed E-state index contributed by atoms with van der Waals surface area (Å²) in [6, 6.07) is 0. The number of aliphatic hydroxyl groups is 1. The minimum absolute atomic E-state index is 0.240. The molecule has 0 saturated carbocycles. The first-order valence-electron chi connectivity index (χ1n) is 5.22. The third-order valence-corrected chi connectivity index (χ3v) is 3.11. The molecule has 1 unspecified atom stereocenters. The molecule has 0 aromatic carbocycles. The lowest BCUT2D eigenvalue weighted by molar-refractivity contribution is -0.132. The Labute approximate surface area is 93.6 Å². The van der Waals surface area contributed by atoms with E-state index in [0.29, 0.717) is 12.3 Å². The monoisotopic (exact) mass is 263 g/mol. The molecule has 0 aliphatic carbocycles. The van der Waals surface area contributed by atoms with Gasteiger partial charge in [0.15, 0.2) is 0 Å². The van der Waals surface area contributed by atoms with Crippen LogP contribution in [0.4, 0.5) is 0 Å². The van der Waals surface area contributed by atoms with Gasteiger partial charge in [0.1, 0.15) is 0 Å². The van der Waals surface area contributed by atoms with Crippen molar-refractivity contribution in [2.24, 2.45) is 5.92 Å². The van der Waals surface area contributed by atoms with Gasteiger partial charge >= 0.3 is 0 Å². The van der Waals surface area contributed by atoms with Gasteiger partial charge in [0.2, 0.25) is 5.91 Å². The van der Waals surface area contributed by atoms with Gasteiger partial charge in [-0.1, -0.05) is 15.9 Å². The lowest BCUT2D eigenvalue weighted by Gasteiger charge is -2.32. The van der Waals surface area contributed by atoms with Crippen LogP contribution in [0.5, 0.6) is 0 Å². The van der Waals surface area contributed by atoms with E-state index < -0.39 is 0 Å². The molecule has 1 rings (SSSR count). The number of halogens is 1. The van der Waals surface area contributed by atoms with Crippen molar-refractivity contribution in [1.82, 2.24) is 4.90 Å². The van der Waals surface area contributed by atoms with Gasteiger partial charge in [-0.05, 0) is 25.2 Å². The number of hydrogen-bond acceptors (Lipinski definition) is 2. The van der Waals surface area contributed by atoms with E-state index in [4.69, 9.17) is 5.11 Å². The number of likely N-dealkylation sites (tertiary alicyclic amines) is 1. The summed E-state index contributed by atoms with van der Waals surface area (Å²) in [5, 5.41) is 9.58. The molecule has 1 saturated heterocycles. The molecule has 1 aliphatic heterocycles. The molecule has 1 atom stereocenters. The van der Waals surface area contributed by atoms with Gasteiger partial charge < -0.3 is 10.0 Å². The Morgan fingerprint density at radius 1 is 1.57 bits per heavy atom. The first kappa shape index (κ1) is 12.0. The second-order valence-electron chi connectivity index (χ2n) is 3.80. The first-order valence-corrected chi connectivity index (χ1v) is 6.34. The average molecular weight is 264 g/mol. The molecular formula is C10H18BrNO2. The highest BCUT2D eigenvalue weighted by Crippen LogP contribution is 2.19. The molecule has 3 nitrogen and oxygen atoms in total. The largest absolute Gasteiger partial charge is 0.396 e. The summed E-state index contributed by atoms with van der Waals surface area (Å²) in [6.07, 6.45) is 3.65. The molecule has 82 valence electrons. The lowest BCUT2D eigenvalue weighted by atomic mass is 9.95. The number of carbonyl (C=O) groups is 1. The van der Waals surface area contributed by atoms with Crippen molar-refractivity contribution >= 4 is 21.8 Å². The molecule has 0 radical (unpaired) electrons. The molecule has 0 spiro atoms. The van der Waals surface area contributed by atoms with Gasteiger partial charge in [-0.3, -0.25) is 4.79 Å². The molecule has 0 aromatic heterocycles. The van der Waals surface area contributed by atoms with Crippen molar-refractivity contribution in [3.05, 3.63) is 0 Å². The Morgan fingerprint density at radius 2 is 2.36 bits per heavy atom. The summed E-state index contributed by atoms with van der Waals surface area (Å²) in [6.45, 7) is 1.98. The van der Waals surface area contributed by atoms with Gasteiger partial charge in [0, 0.05) is 31.4 Å². The van der Waals surface area contributed by atoms with Gasteiger partial charge in [-0.15, -0.1) is 0 Å². The first-order chi connectivity index (χ1) is 6.77. The van der Waals surface area contributed by atoms with Crippen molar-refractivity contribution in [3.8, 4) is 0 Å². The van der Waals surface area contributed by atoms with Crippen LogP contribution in [0, 0.1) is 5.92 Å². The van der Waals surface area contributed by atoms with Crippen molar-refractivity contribution in [1.29, 1.82) is 0 Å². The van der Waals surface area contributed by atoms with Crippen LogP contribution in [0.15, 0.2) is 0 Å². The summed E-state index contributed by atoms with van der Waals surface area (Å²) in [5.41, 5.74) is 0. The second-order valence-corrected chi connectivity index (χ2v) is 4.59. The quantitative estimate of drug-likeness (QED) is 0.779. The predicted molar refractivity (Wildman–Crippen MR) is 59.4 cm³/mol. The fraction of sp³-hybridized carbons (Fsp3) is 0.900. The Balaban J connectivity index is 2.35. The van der Waals surface area contributed by atoms with Crippen LogP contribution in [0.1, 0.15) is 25.7 Å². The lowest BCUT2D eigenvalue weighted by Crippen LogP contribution is -2.40. The van der Waals surface area contributed by atoms with Gasteiger partial charge in [-0.2, -0.15) is 0 Å². The Kier molecular flexibility index (Phi) is 5.48. The molecule has 1 heterocycles. The van der Waals surface area contributed by atoms with Gasteiger partial charge in [0.05, 0.1) is 0 Å². The van der Waals surface area contributed by atoms with Crippen molar-refractivity contribution in [2.45, 2.75) is 25.7 Å². The van der Waals surface area contributed by atoms with E-state index in [-0.39, 0.29) is 12.5 Å². The molecule has 1 aliphatic rings. The van der Waals surface area contributed by atoms with Crippen LogP contribution in [0.2, 0.25) is 0 Å². The molecule has 0 aromatic rings. The van der Waals surface area contributed by atoms with E-state index in [1.165, 1.54) is 0 Å². The number of aliphatic hydroxyl groups excluding tert-OH is 1. The summed E-state index contributed by atoms with van der Waals surface area (Å²) >= 11 is 3.27. The van der Waals surface area contributed by atoms with Crippen molar-refractivity contribution in [3.63, 3.8) is 0 Å². The zero-order chi connectivity index (χ0) is 10.4. The van der Waals surface area contributed by atoms with Crippen molar-refractivity contribution < 1.29 is 9.90 Å². The zero-order valence-corrected chi connectivity index (χ0v) is 10.0. The molecule has 4 heteroatoms. The Hall–Kier alpha value is -0.0900. The standard InChI is InChI=1S/C10H18BrNO2/c11-5-3-10(14)12-6-1-2-9(8-12)4-7-13/h9,13H,1-8H2. The topological polar surface area (TPSA) is 40.5 Å². The minimum Gasteiger partial charge on any atom is -0.396 e. The number of piperidine rings is 1. The van der Waals surface area contributed by atoms with Crippen LogP contribution < -0.4 is 0 Å². The predicted octanol–water partition coefficient (Wildman–Crippen LogP) is 1.39. The zero-order valence-electron chi connectivity index (χ0n) is 8.41. The number of amides is 1. The number of alkyl halides is 1. The Morgan fingerprint density at radius 3 is 3.00 bits per heavy atom. The molecule has 1 fully saturated rings. The summed E-state index contributed by atoms with van der Waals surface area (Å²) in [4.78, 5) is 13.5. The number of hydrogen-bond donors (Lipinski definition) is 1. The number of carbonyl (C=O) groups excluding carboxylic acids is 1. The summed E-state index contributed by atoms with van der Waals surface area (Å²) in [7, 11) is 0. The fourth-order valence-electron chi connectivity index (χ4n) is 1.95. The van der Waals surface area contributed by atoms with Gasteiger partial charge in [-0.25, -0.2) is 0 Å². The van der Waals surface area contributed by atoms with E-state index in [1.54, 1.807) is 0 Å². The van der Waals surface area contributed by atoms with E-state index in [0.717, 1.165) is 37.7 Å². The number of nitrogens with zero attached hydrogens (tertiary/aromatic N) is 1. The van der Waals surface area contributed by atoms with E-state index in [2.05, 4.69) is 15.9 Å². The smallest absolute Gasteiger partial charge is 0.223 e. The highest BCUT2D eigenvalue weighted by molar-refractivity contribution is 9.09. The fourth-order valence-corrected chi connectivity index (χ4v) is 2.29. The van der Waals surface area contributed by atoms with E-state index in [9.17, 15) is 4.79 Å². The van der Waals surface area contributed by atoms with E-state index >= 15 is 0 Å². The van der Waals surface area contributed by atoms with Gasteiger partial charge in [0.25, 0.3) is 0 Å². The third kappa shape index (κ3) is 3.58. The van der Waals surface area contributed by atoms with E-state index in [1.807, 2.05) is 4.90 Å². The highest BCUT2D eigenvalue weighted by Gasteiger charge is 2.22. The maximum atomic E-state index is 11.6. The maximum absolute atomic E-state index is 11.6. The third-order valence-electron chi connectivity index (χ3n) is 2.72. The molecule has 0 bridgehead atoms. The average Bonchev–Trinajstić information content (AvgIpc) is 2.19.